The van der Waals surface area contributed by atoms with E-state index in [1.54, 1.807) is 24.1 Å². The summed E-state index contributed by atoms with van der Waals surface area (Å²) >= 11 is 0. The Kier molecular flexibility index (Phi) is 7.95. The molecule has 2 aliphatic heterocycles. The smallest absolute Gasteiger partial charge is 0.303 e. The van der Waals surface area contributed by atoms with Gasteiger partial charge in [-0.2, -0.15) is 12.7 Å². The molecule has 1 aromatic heterocycles. The van der Waals surface area contributed by atoms with Gasteiger partial charge in [0, 0.05) is 54.8 Å². The van der Waals surface area contributed by atoms with E-state index in [1.165, 1.54) is 19.0 Å². The van der Waals surface area contributed by atoms with E-state index >= 15 is 0 Å². The van der Waals surface area contributed by atoms with Gasteiger partial charge in [-0.1, -0.05) is 49.1 Å². The molecule has 1 saturated carbocycles. The van der Waals surface area contributed by atoms with E-state index in [2.05, 4.69) is 34.4 Å². The molecule has 228 valence electrons. The first-order valence-corrected chi connectivity index (χ1v) is 16.6. The van der Waals surface area contributed by atoms with Crippen LogP contribution in [0.3, 0.4) is 0 Å². The number of rotatable bonds is 1. The number of hydrogen-bond acceptors (Lipinski definition) is 5. The van der Waals surface area contributed by atoms with Crippen LogP contribution in [-0.2, 0) is 26.3 Å². The molecule has 2 aromatic carbocycles. The topological polar surface area (TPSA) is 101 Å². The van der Waals surface area contributed by atoms with Crippen molar-refractivity contribution in [2.75, 3.05) is 40.4 Å². The maximum Gasteiger partial charge on any atom is 0.303 e. The molecule has 9 nitrogen and oxygen atoms in total. The van der Waals surface area contributed by atoms with Crippen molar-refractivity contribution >= 4 is 38.5 Å². The Hall–Kier alpha value is -3.47. The molecule has 0 atom stereocenters. The van der Waals surface area contributed by atoms with Crippen LogP contribution in [0, 0.1) is 6.92 Å². The summed E-state index contributed by atoms with van der Waals surface area (Å²) in [5, 5.41) is 1.05. The Morgan fingerprint density at radius 2 is 1.65 bits per heavy atom. The Morgan fingerprint density at radius 3 is 2.42 bits per heavy atom. The van der Waals surface area contributed by atoms with Crippen molar-refractivity contribution in [2.24, 2.45) is 0 Å². The van der Waals surface area contributed by atoms with Gasteiger partial charge in [0.2, 0.25) is 0 Å². The summed E-state index contributed by atoms with van der Waals surface area (Å²) in [4.78, 5) is 29.2. The van der Waals surface area contributed by atoms with E-state index in [1.807, 2.05) is 13.0 Å². The molecule has 0 unspecified atom stereocenters. The first-order chi connectivity index (χ1) is 20.6. The summed E-state index contributed by atoms with van der Waals surface area (Å²) < 4.78 is 37.1. The van der Waals surface area contributed by atoms with Crippen LogP contribution >= 0.6 is 0 Å². The van der Waals surface area contributed by atoms with E-state index in [0.29, 0.717) is 24.6 Å². The SMILES string of the molecule is CC1=C2Cn3c(c(C4CCCCC4)c4ccc(cc43)C(=O)NS(=O)(=O)N(C)CCOCCN(C)C2=O)-c2ccc(C)cc21. The normalized spacial score (nSPS) is 20.8. The van der Waals surface area contributed by atoms with Gasteiger partial charge in [0.05, 0.1) is 25.5 Å². The van der Waals surface area contributed by atoms with Gasteiger partial charge in [0.15, 0.2) is 0 Å². The summed E-state index contributed by atoms with van der Waals surface area (Å²) in [6, 6.07) is 11.9. The Balaban J connectivity index is 1.63. The van der Waals surface area contributed by atoms with Gasteiger partial charge < -0.3 is 14.2 Å². The molecule has 0 saturated heterocycles. The summed E-state index contributed by atoms with van der Waals surface area (Å²) in [6.45, 7) is 5.27. The second-order valence-corrected chi connectivity index (χ2v) is 13.9. The molecular weight excluding hydrogens is 564 g/mol. The van der Waals surface area contributed by atoms with Crippen LogP contribution in [0.15, 0.2) is 42.0 Å². The number of aromatic nitrogens is 1. The fourth-order valence-electron chi connectivity index (χ4n) is 6.82. The molecule has 43 heavy (non-hydrogen) atoms. The Labute approximate surface area is 253 Å². The average Bonchev–Trinajstić information content (AvgIpc) is 3.25. The third-order valence-corrected chi connectivity index (χ3v) is 10.8. The zero-order valence-electron chi connectivity index (χ0n) is 25.4. The van der Waals surface area contributed by atoms with Crippen LogP contribution in [0.4, 0.5) is 0 Å². The van der Waals surface area contributed by atoms with Gasteiger partial charge in [-0.25, -0.2) is 4.72 Å². The highest BCUT2D eigenvalue weighted by Gasteiger charge is 2.33. The fraction of sp³-hybridized carbons (Fsp3) is 0.455. The first-order valence-electron chi connectivity index (χ1n) is 15.2. The average molecular weight is 605 g/mol. The second-order valence-electron chi connectivity index (χ2n) is 12.2. The van der Waals surface area contributed by atoms with Gasteiger partial charge in [0.1, 0.15) is 0 Å². The van der Waals surface area contributed by atoms with Crippen molar-refractivity contribution in [3.63, 3.8) is 0 Å². The number of aryl methyl sites for hydroxylation is 1. The minimum atomic E-state index is -4.08. The first kappa shape index (κ1) is 29.6. The largest absolute Gasteiger partial charge is 0.378 e. The zero-order chi connectivity index (χ0) is 30.5. The van der Waals surface area contributed by atoms with Crippen LogP contribution in [0.5, 0.6) is 0 Å². The number of carbonyl (C=O) groups excluding carboxylic acids is 2. The molecule has 3 heterocycles. The highest BCUT2D eigenvalue weighted by molar-refractivity contribution is 7.87. The van der Waals surface area contributed by atoms with Gasteiger partial charge in [0.25, 0.3) is 11.8 Å². The van der Waals surface area contributed by atoms with Crippen LogP contribution < -0.4 is 4.72 Å². The molecule has 3 aromatic rings. The van der Waals surface area contributed by atoms with Crippen LogP contribution in [0.2, 0.25) is 0 Å². The molecule has 0 radical (unpaired) electrons. The molecule has 1 N–H and O–H groups in total. The maximum absolute atomic E-state index is 14.1. The molecule has 2 amide bonds. The maximum atomic E-state index is 14.1. The predicted molar refractivity (Wildman–Crippen MR) is 168 cm³/mol. The number of allylic oxidation sites excluding steroid dienone is 1. The lowest BCUT2D eigenvalue weighted by molar-refractivity contribution is -0.126. The van der Waals surface area contributed by atoms with Crippen molar-refractivity contribution in [2.45, 2.75) is 58.4 Å². The summed E-state index contributed by atoms with van der Waals surface area (Å²) in [5.74, 6) is -0.410. The van der Waals surface area contributed by atoms with Crippen LogP contribution in [0.25, 0.3) is 27.7 Å². The van der Waals surface area contributed by atoms with Crippen LogP contribution in [-0.4, -0.2) is 74.4 Å². The summed E-state index contributed by atoms with van der Waals surface area (Å²) in [6.07, 6.45) is 5.72. The number of ether oxygens (including phenoxy) is 1. The minimum Gasteiger partial charge on any atom is -0.378 e. The molecule has 1 fully saturated rings. The van der Waals surface area contributed by atoms with Crippen molar-refractivity contribution in [3.05, 3.63) is 64.2 Å². The third-order valence-electron chi connectivity index (χ3n) is 9.34. The number of fused-ring (bicyclic) bond motifs is 4. The lowest BCUT2D eigenvalue weighted by Gasteiger charge is -2.24. The summed E-state index contributed by atoms with van der Waals surface area (Å²) in [5.41, 5.74) is 8.32. The molecule has 10 heteroatoms. The van der Waals surface area contributed by atoms with E-state index in [4.69, 9.17) is 4.74 Å². The summed E-state index contributed by atoms with van der Waals surface area (Å²) in [7, 11) is -0.889. The lowest BCUT2D eigenvalue weighted by Crippen LogP contribution is -2.42. The van der Waals surface area contributed by atoms with Gasteiger partial charge >= 0.3 is 10.2 Å². The number of carbonyl (C=O) groups is 2. The van der Waals surface area contributed by atoms with Gasteiger partial charge in [-0.05, 0) is 61.4 Å². The number of likely N-dealkylation sites (N-methyl/N-ethyl adjacent to an activating group) is 2. The molecule has 6 rings (SSSR count). The quantitative estimate of drug-likeness (QED) is 0.428. The van der Waals surface area contributed by atoms with Crippen molar-refractivity contribution in [1.82, 2.24) is 18.5 Å². The fourth-order valence-corrected chi connectivity index (χ4v) is 7.64. The molecule has 3 aliphatic rings. The predicted octanol–water partition coefficient (Wildman–Crippen LogP) is 4.85. The van der Waals surface area contributed by atoms with E-state index in [9.17, 15) is 18.0 Å². The Bertz CT molecular complexity index is 1750. The zero-order valence-corrected chi connectivity index (χ0v) is 26.2. The van der Waals surface area contributed by atoms with E-state index < -0.39 is 16.1 Å². The molecule has 4 bridgehead atoms. The molecule has 0 spiro atoms. The number of benzene rings is 2. The highest BCUT2D eigenvalue weighted by Crippen LogP contribution is 2.48. The van der Waals surface area contributed by atoms with Crippen LogP contribution in [0.1, 0.15) is 72.0 Å². The minimum absolute atomic E-state index is 0.0661. The third kappa shape index (κ3) is 5.41. The molecule has 1 aliphatic carbocycles. The van der Waals surface area contributed by atoms with E-state index in [-0.39, 0.29) is 31.2 Å². The van der Waals surface area contributed by atoms with Crippen molar-refractivity contribution in [3.8, 4) is 11.3 Å². The lowest BCUT2D eigenvalue weighted by atomic mass is 9.81. The monoisotopic (exact) mass is 604 g/mol. The van der Waals surface area contributed by atoms with Gasteiger partial charge in [-0.15, -0.1) is 0 Å². The highest BCUT2D eigenvalue weighted by atomic mass is 32.2. The van der Waals surface area contributed by atoms with Crippen molar-refractivity contribution in [1.29, 1.82) is 0 Å². The standard InChI is InChI=1S/C33H40N4O5S/c1-21-10-12-25-27(18-21)22(2)28-20-37-29-19-24(11-13-26(29)30(31(25)37)23-8-6-5-7-9-23)32(38)34-43(40,41)36(4)15-17-42-16-14-35(3)33(28)39/h10-13,18-19,23H,5-9,14-17,20H2,1-4H3,(H,34,38). The number of amides is 2. The number of hydrogen-bond donors (Lipinski definition) is 1. The number of nitrogens with zero attached hydrogens (tertiary/aromatic N) is 3. The Morgan fingerprint density at radius 1 is 0.907 bits per heavy atom. The number of nitrogens with one attached hydrogen (secondary N) is 1. The second kappa shape index (κ2) is 11.6. The molecular formula is C33H40N4O5S. The van der Waals surface area contributed by atoms with Gasteiger partial charge in [-0.3, -0.25) is 9.59 Å². The van der Waals surface area contributed by atoms with E-state index in [0.717, 1.165) is 68.8 Å². The van der Waals surface area contributed by atoms with Crippen molar-refractivity contribution < 1.29 is 22.7 Å².